The fraction of sp³-hybridized carbons (Fsp3) is 0.417. The van der Waals surface area contributed by atoms with Crippen LogP contribution in [0.4, 0.5) is 11.4 Å². The summed E-state index contributed by atoms with van der Waals surface area (Å²) in [5, 5.41) is 16.7. The van der Waals surface area contributed by atoms with Crippen LogP contribution < -0.4 is 10.6 Å². The number of fused-ring (bicyclic) bond motifs is 1. The van der Waals surface area contributed by atoms with Crippen LogP contribution in [0.3, 0.4) is 0 Å². The Bertz CT molecular complexity index is 499. The van der Waals surface area contributed by atoms with E-state index < -0.39 is 4.92 Å². The predicted molar refractivity (Wildman–Crippen MR) is 67.7 cm³/mol. The number of nitrogens with zero attached hydrogens (tertiary/aromatic N) is 1. The Labute approximate surface area is 105 Å². The Morgan fingerprint density at radius 2 is 2.17 bits per heavy atom. The highest BCUT2D eigenvalue weighted by Crippen LogP contribution is 2.24. The van der Waals surface area contributed by atoms with Crippen molar-refractivity contribution in [1.29, 1.82) is 0 Å². The third-order valence-electron chi connectivity index (χ3n) is 3.09. The lowest BCUT2D eigenvalue weighted by Gasteiger charge is -2.19. The van der Waals surface area contributed by atoms with Crippen molar-refractivity contribution in [3.63, 3.8) is 0 Å². The lowest BCUT2D eigenvalue weighted by Crippen LogP contribution is -2.40. The normalized spacial score (nSPS) is 18.6. The molecule has 1 aliphatic rings. The number of hydrogen-bond donors (Lipinski definition) is 2. The SMILES string of the molecule is CC(C)C1CNc2ccc([N+](=O)[O-])cc2C(=O)N1. The zero-order chi connectivity index (χ0) is 13.3. The minimum absolute atomic E-state index is 0.0176. The highest BCUT2D eigenvalue weighted by Gasteiger charge is 2.24. The quantitative estimate of drug-likeness (QED) is 0.618. The number of rotatable bonds is 2. The number of amides is 1. The van der Waals surface area contributed by atoms with Gasteiger partial charge in [0.25, 0.3) is 11.6 Å². The highest BCUT2D eigenvalue weighted by atomic mass is 16.6. The molecule has 1 heterocycles. The number of anilines is 1. The Morgan fingerprint density at radius 3 is 2.78 bits per heavy atom. The number of hydrogen-bond acceptors (Lipinski definition) is 4. The zero-order valence-electron chi connectivity index (χ0n) is 10.3. The lowest BCUT2D eigenvalue weighted by molar-refractivity contribution is -0.384. The van der Waals surface area contributed by atoms with Crippen molar-refractivity contribution in [2.24, 2.45) is 5.92 Å². The van der Waals surface area contributed by atoms with Gasteiger partial charge in [-0.2, -0.15) is 0 Å². The number of nitro benzene ring substituents is 1. The first-order valence-electron chi connectivity index (χ1n) is 5.82. The summed E-state index contributed by atoms with van der Waals surface area (Å²) in [7, 11) is 0. The molecule has 0 aliphatic carbocycles. The molecule has 18 heavy (non-hydrogen) atoms. The Hall–Kier alpha value is -2.11. The van der Waals surface area contributed by atoms with E-state index in [0.29, 0.717) is 23.7 Å². The Morgan fingerprint density at radius 1 is 1.44 bits per heavy atom. The van der Waals surface area contributed by atoms with E-state index in [1.165, 1.54) is 12.1 Å². The second kappa shape index (κ2) is 4.64. The minimum atomic E-state index is -0.502. The Balaban J connectivity index is 2.36. The molecule has 1 atom stereocenters. The molecule has 2 rings (SSSR count). The minimum Gasteiger partial charge on any atom is -0.382 e. The van der Waals surface area contributed by atoms with Crippen molar-refractivity contribution < 1.29 is 9.72 Å². The fourth-order valence-corrected chi connectivity index (χ4v) is 1.91. The molecule has 0 fully saturated rings. The van der Waals surface area contributed by atoms with Crippen LogP contribution in [0.2, 0.25) is 0 Å². The average Bonchev–Trinajstić information content (AvgIpc) is 2.48. The standard InChI is InChI=1S/C12H15N3O3/c1-7(2)11-6-13-10-4-3-8(15(17)18)5-9(10)12(16)14-11/h3-5,7,11,13H,6H2,1-2H3,(H,14,16). The van der Waals surface area contributed by atoms with Crippen molar-refractivity contribution in [2.45, 2.75) is 19.9 Å². The van der Waals surface area contributed by atoms with Gasteiger partial charge in [-0.15, -0.1) is 0 Å². The maximum absolute atomic E-state index is 12.0. The van der Waals surface area contributed by atoms with E-state index in [9.17, 15) is 14.9 Å². The topological polar surface area (TPSA) is 84.3 Å². The number of benzene rings is 1. The van der Waals surface area contributed by atoms with E-state index in [0.717, 1.165) is 0 Å². The van der Waals surface area contributed by atoms with Gasteiger partial charge in [-0.1, -0.05) is 13.8 Å². The maximum atomic E-state index is 12.0. The summed E-state index contributed by atoms with van der Waals surface area (Å²) in [6.07, 6.45) is 0. The van der Waals surface area contributed by atoms with Crippen molar-refractivity contribution in [3.8, 4) is 0 Å². The average molecular weight is 249 g/mol. The summed E-state index contributed by atoms with van der Waals surface area (Å²) in [5.74, 6) is 0.0307. The highest BCUT2D eigenvalue weighted by molar-refractivity contribution is 6.01. The van der Waals surface area contributed by atoms with E-state index in [1.807, 2.05) is 13.8 Å². The van der Waals surface area contributed by atoms with Crippen LogP contribution in [0, 0.1) is 16.0 Å². The molecule has 6 heteroatoms. The number of nitro groups is 1. The van der Waals surface area contributed by atoms with Gasteiger partial charge >= 0.3 is 0 Å². The van der Waals surface area contributed by atoms with Crippen LogP contribution in [-0.2, 0) is 0 Å². The molecule has 0 saturated heterocycles. The molecule has 6 nitrogen and oxygen atoms in total. The summed E-state index contributed by atoms with van der Waals surface area (Å²) in [4.78, 5) is 22.2. The van der Waals surface area contributed by atoms with Crippen molar-refractivity contribution in [3.05, 3.63) is 33.9 Å². The molecule has 1 aromatic rings. The molecule has 0 saturated carbocycles. The lowest BCUT2D eigenvalue weighted by atomic mass is 10.0. The van der Waals surface area contributed by atoms with Crippen LogP contribution in [0.5, 0.6) is 0 Å². The molecular formula is C12H15N3O3. The van der Waals surface area contributed by atoms with E-state index in [4.69, 9.17) is 0 Å². The predicted octanol–water partition coefficient (Wildman–Crippen LogP) is 1.77. The van der Waals surface area contributed by atoms with Gasteiger partial charge in [0, 0.05) is 30.4 Å². The van der Waals surface area contributed by atoms with E-state index in [1.54, 1.807) is 6.07 Å². The molecule has 0 aromatic heterocycles. The van der Waals surface area contributed by atoms with Crippen molar-refractivity contribution >= 4 is 17.3 Å². The van der Waals surface area contributed by atoms with Gasteiger partial charge < -0.3 is 10.6 Å². The molecule has 1 aromatic carbocycles. The summed E-state index contributed by atoms with van der Waals surface area (Å²) < 4.78 is 0. The molecule has 1 amide bonds. The van der Waals surface area contributed by atoms with Crippen molar-refractivity contribution in [1.82, 2.24) is 5.32 Å². The number of non-ortho nitro benzene ring substituents is 1. The monoisotopic (exact) mass is 249 g/mol. The summed E-state index contributed by atoms with van der Waals surface area (Å²) in [6, 6.07) is 4.30. The van der Waals surface area contributed by atoms with Crippen molar-refractivity contribution in [2.75, 3.05) is 11.9 Å². The van der Waals surface area contributed by atoms with E-state index >= 15 is 0 Å². The molecule has 0 spiro atoms. The largest absolute Gasteiger partial charge is 0.382 e. The van der Waals surface area contributed by atoms with Gasteiger partial charge in [-0.05, 0) is 12.0 Å². The molecule has 2 N–H and O–H groups in total. The first-order valence-corrected chi connectivity index (χ1v) is 5.82. The number of carbonyl (C=O) groups is 1. The number of carbonyl (C=O) groups excluding carboxylic acids is 1. The molecule has 1 unspecified atom stereocenters. The summed E-state index contributed by atoms with van der Waals surface area (Å²) in [5.41, 5.74) is 0.891. The van der Waals surface area contributed by atoms with Crippen LogP contribution in [0.25, 0.3) is 0 Å². The van der Waals surface area contributed by atoms with E-state index in [-0.39, 0.29) is 17.6 Å². The first kappa shape index (κ1) is 12.3. The molecule has 0 radical (unpaired) electrons. The van der Waals surface area contributed by atoms with Gasteiger partial charge in [0.05, 0.1) is 10.5 Å². The van der Waals surface area contributed by atoms with Gasteiger partial charge in [0.15, 0.2) is 0 Å². The van der Waals surface area contributed by atoms with Gasteiger partial charge in [-0.25, -0.2) is 0 Å². The summed E-state index contributed by atoms with van der Waals surface area (Å²) in [6.45, 7) is 4.66. The van der Waals surface area contributed by atoms with Crippen LogP contribution in [0.15, 0.2) is 18.2 Å². The first-order chi connectivity index (χ1) is 8.49. The second-order valence-electron chi connectivity index (χ2n) is 4.69. The molecule has 0 bridgehead atoms. The fourth-order valence-electron chi connectivity index (χ4n) is 1.91. The third kappa shape index (κ3) is 2.27. The zero-order valence-corrected chi connectivity index (χ0v) is 10.3. The third-order valence-corrected chi connectivity index (χ3v) is 3.09. The van der Waals surface area contributed by atoms with Gasteiger partial charge in [0.2, 0.25) is 0 Å². The second-order valence-corrected chi connectivity index (χ2v) is 4.69. The van der Waals surface area contributed by atoms with Crippen LogP contribution in [0.1, 0.15) is 24.2 Å². The Kier molecular flexibility index (Phi) is 3.18. The molecule has 96 valence electrons. The van der Waals surface area contributed by atoms with Crippen LogP contribution >= 0.6 is 0 Å². The smallest absolute Gasteiger partial charge is 0.270 e. The maximum Gasteiger partial charge on any atom is 0.270 e. The molecular weight excluding hydrogens is 234 g/mol. The van der Waals surface area contributed by atoms with Crippen LogP contribution in [-0.4, -0.2) is 23.4 Å². The van der Waals surface area contributed by atoms with Gasteiger partial charge in [0.1, 0.15) is 0 Å². The summed E-state index contributed by atoms with van der Waals surface area (Å²) >= 11 is 0. The number of nitrogens with one attached hydrogen (secondary N) is 2. The molecule has 1 aliphatic heterocycles. The van der Waals surface area contributed by atoms with Gasteiger partial charge in [-0.3, -0.25) is 14.9 Å². The van der Waals surface area contributed by atoms with E-state index in [2.05, 4.69) is 10.6 Å².